The van der Waals surface area contributed by atoms with Crippen LogP contribution in [-0.4, -0.2) is 55.7 Å². The fourth-order valence-electron chi connectivity index (χ4n) is 4.61. The second-order valence-electron chi connectivity index (χ2n) is 9.26. The molecule has 5 rings (SSSR count). The Hall–Kier alpha value is -3.59. The van der Waals surface area contributed by atoms with Crippen LogP contribution in [0.25, 0.3) is 0 Å². The number of halogens is 1. The van der Waals surface area contributed by atoms with E-state index in [0.717, 1.165) is 18.4 Å². The first kappa shape index (κ1) is 23.2. The maximum Gasteiger partial charge on any atom is 0.275 e. The minimum Gasteiger partial charge on any atom is -0.467 e. The van der Waals surface area contributed by atoms with Crippen molar-refractivity contribution in [3.63, 3.8) is 0 Å². The zero-order chi connectivity index (χ0) is 24.7. The van der Waals surface area contributed by atoms with E-state index in [4.69, 9.17) is 16.0 Å². The smallest absolute Gasteiger partial charge is 0.275 e. The number of rotatable bonds is 7. The molecule has 3 amide bonds. The molecule has 0 spiro atoms. The molecule has 9 nitrogen and oxygen atoms in total. The quantitative estimate of drug-likeness (QED) is 0.543. The molecule has 1 aliphatic heterocycles. The van der Waals surface area contributed by atoms with Crippen LogP contribution in [0, 0.1) is 0 Å². The predicted octanol–water partition coefficient (Wildman–Crippen LogP) is 3.10. The SMILES string of the molecule is CN(Cc1ccco1)C(=O)c1ncn2c1C(=O)N(C1CC1)C(C)(C(=O)NCc1ccccc1Cl)C2. The van der Waals surface area contributed by atoms with Gasteiger partial charge in [0.1, 0.15) is 17.0 Å². The van der Waals surface area contributed by atoms with Crippen molar-refractivity contribution in [2.24, 2.45) is 0 Å². The largest absolute Gasteiger partial charge is 0.467 e. The molecular formula is C25H26ClN5O4. The van der Waals surface area contributed by atoms with Crippen LogP contribution in [0.3, 0.4) is 0 Å². The lowest BCUT2D eigenvalue weighted by Gasteiger charge is -2.44. The molecule has 1 unspecified atom stereocenters. The number of nitrogens with zero attached hydrogens (tertiary/aromatic N) is 4. The molecule has 1 fully saturated rings. The van der Waals surface area contributed by atoms with E-state index >= 15 is 0 Å². The van der Waals surface area contributed by atoms with Gasteiger partial charge >= 0.3 is 0 Å². The number of nitrogens with one attached hydrogen (secondary N) is 1. The monoisotopic (exact) mass is 495 g/mol. The molecule has 0 saturated heterocycles. The van der Waals surface area contributed by atoms with Gasteiger partial charge in [-0.2, -0.15) is 0 Å². The highest BCUT2D eigenvalue weighted by Gasteiger charge is 2.53. The summed E-state index contributed by atoms with van der Waals surface area (Å²) < 4.78 is 6.95. The third-order valence-electron chi connectivity index (χ3n) is 6.59. The number of imidazole rings is 1. The normalized spacial score (nSPS) is 19.4. The summed E-state index contributed by atoms with van der Waals surface area (Å²) in [5.41, 5.74) is -0.0482. The second kappa shape index (κ2) is 8.88. The lowest BCUT2D eigenvalue weighted by molar-refractivity contribution is -0.133. The molecule has 10 heteroatoms. The number of aromatic nitrogens is 2. The molecule has 3 heterocycles. The van der Waals surface area contributed by atoms with E-state index in [9.17, 15) is 14.4 Å². The van der Waals surface area contributed by atoms with Crippen LogP contribution in [0.2, 0.25) is 5.02 Å². The number of hydrogen-bond donors (Lipinski definition) is 1. The van der Waals surface area contributed by atoms with Crippen molar-refractivity contribution in [3.8, 4) is 0 Å². The van der Waals surface area contributed by atoms with E-state index in [1.54, 1.807) is 47.9 Å². The van der Waals surface area contributed by atoms with Gasteiger partial charge in [-0.1, -0.05) is 29.8 Å². The minimum atomic E-state index is -1.13. The Morgan fingerprint density at radius 3 is 2.71 bits per heavy atom. The average molecular weight is 496 g/mol. The first-order chi connectivity index (χ1) is 16.8. The van der Waals surface area contributed by atoms with Crippen molar-refractivity contribution in [1.82, 2.24) is 24.7 Å². The van der Waals surface area contributed by atoms with Gasteiger partial charge in [-0.25, -0.2) is 4.98 Å². The van der Waals surface area contributed by atoms with Crippen molar-refractivity contribution in [1.29, 1.82) is 0 Å². The Bertz CT molecular complexity index is 1280. The molecule has 1 aliphatic carbocycles. The molecule has 182 valence electrons. The lowest BCUT2D eigenvalue weighted by atomic mass is 9.93. The summed E-state index contributed by atoms with van der Waals surface area (Å²) in [6.07, 6.45) is 4.63. The first-order valence-corrected chi connectivity index (χ1v) is 11.9. The highest BCUT2D eigenvalue weighted by atomic mass is 35.5. The van der Waals surface area contributed by atoms with Gasteiger partial charge in [-0.15, -0.1) is 0 Å². The van der Waals surface area contributed by atoms with Crippen LogP contribution >= 0.6 is 11.6 Å². The Kier molecular flexibility index (Phi) is 5.88. The molecule has 0 radical (unpaired) electrons. The maximum atomic E-state index is 13.7. The van der Waals surface area contributed by atoms with E-state index in [2.05, 4.69) is 10.3 Å². The summed E-state index contributed by atoms with van der Waals surface area (Å²) in [4.78, 5) is 47.8. The summed E-state index contributed by atoms with van der Waals surface area (Å²) in [5, 5.41) is 3.52. The van der Waals surface area contributed by atoms with Crippen LogP contribution in [-0.2, 0) is 24.4 Å². The molecular weight excluding hydrogens is 470 g/mol. The first-order valence-electron chi connectivity index (χ1n) is 11.5. The summed E-state index contributed by atoms with van der Waals surface area (Å²) in [6.45, 7) is 2.46. The average Bonchev–Trinajstić information content (AvgIpc) is 3.35. The lowest BCUT2D eigenvalue weighted by Crippen LogP contribution is -2.64. The number of carbonyl (C=O) groups is 3. The molecule has 1 atom stereocenters. The molecule has 1 N–H and O–H groups in total. The standard InChI is InChI=1S/C25H26ClN5O4/c1-25(24(34)27-12-16-6-3-4-8-19(16)26)14-30-15-28-20(21(30)23(33)31(25)17-9-10-17)22(32)29(2)13-18-7-5-11-35-18/h3-8,11,15,17H,9-10,12-14H2,1-2H3,(H,27,34). The molecule has 3 aromatic rings. The summed E-state index contributed by atoms with van der Waals surface area (Å²) in [7, 11) is 1.63. The van der Waals surface area contributed by atoms with E-state index < -0.39 is 5.54 Å². The molecule has 1 saturated carbocycles. The van der Waals surface area contributed by atoms with Crippen LogP contribution in [0.5, 0.6) is 0 Å². The minimum absolute atomic E-state index is 0.0500. The van der Waals surface area contributed by atoms with Crippen molar-refractivity contribution in [2.45, 2.75) is 51.0 Å². The van der Waals surface area contributed by atoms with Crippen LogP contribution < -0.4 is 5.32 Å². The van der Waals surface area contributed by atoms with Gasteiger partial charge in [-0.3, -0.25) is 14.4 Å². The van der Waals surface area contributed by atoms with Crippen molar-refractivity contribution in [3.05, 3.63) is 76.7 Å². The zero-order valence-corrected chi connectivity index (χ0v) is 20.3. The third kappa shape index (κ3) is 4.20. The van der Waals surface area contributed by atoms with Gasteiger partial charge in [0.25, 0.3) is 11.8 Å². The number of furan rings is 1. The molecule has 0 bridgehead atoms. The van der Waals surface area contributed by atoms with Crippen molar-refractivity contribution >= 4 is 29.3 Å². The molecule has 2 aromatic heterocycles. The molecule has 35 heavy (non-hydrogen) atoms. The Morgan fingerprint density at radius 2 is 2.03 bits per heavy atom. The Balaban J connectivity index is 1.40. The molecule has 2 aliphatic rings. The Labute approximate surface area is 207 Å². The van der Waals surface area contributed by atoms with Crippen LogP contribution in [0.15, 0.2) is 53.4 Å². The second-order valence-corrected chi connectivity index (χ2v) is 9.67. The summed E-state index contributed by atoms with van der Waals surface area (Å²) in [5.74, 6) is -0.394. The number of carbonyl (C=O) groups excluding carboxylic acids is 3. The van der Waals surface area contributed by atoms with Gasteiger partial charge in [0, 0.05) is 24.7 Å². The summed E-state index contributed by atoms with van der Waals surface area (Å²) in [6, 6.07) is 10.8. The van der Waals surface area contributed by atoms with Gasteiger partial charge in [0.05, 0.1) is 25.7 Å². The van der Waals surface area contributed by atoms with E-state index in [1.807, 2.05) is 18.2 Å². The molecule has 1 aromatic carbocycles. The Morgan fingerprint density at radius 1 is 1.26 bits per heavy atom. The van der Waals surface area contributed by atoms with E-state index in [1.165, 1.54) is 11.2 Å². The van der Waals surface area contributed by atoms with Gasteiger partial charge in [0.15, 0.2) is 5.69 Å². The highest BCUT2D eigenvalue weighted by Crippen LogP contribution is 2.39. The maximum absolute atomic E-state index is 13.7. The number of fused-ring (bicyclic) bond motifs is 1. The predicted molar refractivity (Wildman–Crippen MR) is 128 cm³/mol. The fourth-order valence-corrected chi connectivity index (χ4v) is 4.81. The van der Waals surface area contributed by atoms with Crippen LogP contribution in [0.4, 0.5) is 0 Å². The van der Waals surface area contributed by atoms with Gasteiger partial charge < -0.3 is 24.1 Å². The topological polar surface area (TPSA) is 101 Å². The number of benzene rings is 1. The van der Waals surface area contributed by atoms with E-state index in [0.29, 0.717) is 10.8 Å². The third-order valence-corrected chi connectivity index (χ3v) is 6.96. The number of amides is 3. The number of hydrogen-bond acceptors (Lipinski definition) is 5. The van der Waals surface area contributed by atoms with Gasteiger partial charge in [0.2, 0.25) is 5.91 Å². The fraction of sp³-hybridized carbons (Fsp3) is 0.360. The zero-order valence-electron chi connectivity index (χ0n) is 19.5. The van der Waals surface area contributed by atoms with Crippen molar-refractivity contribution < 1.29 is 18.8 Å². The van der Waals surface area contributed by atoms with Gasteiger partial charge in [-0.05, 0) is 43.5 Å². The highest BCUT2D eigenvalue weighted by molar-refractivity contribution is 6.31. The van der Waals surface area contributed by atoms with E-state index in [-0.39, 0.29) is 54.8 Å². The summed E-state index contributed by atoms with van der Waals surface area (Å²) >= 11 is 6.24. The van der Waals surface area contributed by atoms with Crippen LogP contribution in [0.1, 0.15) is 52.1 Å². The van der Waals surface area contributed by atoms with Crippen molar-refractivity contribution in [2.75, 3.05) is 7.05 Å².